The quantitative estimate of drug-likeness (QED) is 0.437. The lowest BCUT2D eigenvalue weighted by Gasteiger charge is -2.11. The summed E-state index contributed by atoms with van der Waals surface area (Å²) < 4.78 is 18.2. The zero-order valence-electron chi connectivity index (χ0n) is 16.9. The highest BCUT2D eigenvalue weighted by atomic mass is 19.1. The zero-order valence-corrected chi connectivity index (χ0v) is 16.9. The molecule has 32 heavy (non-hydrogen) atoms. The van der Waals surface area contributed by atoms with Crippen LogP contribution in [-0.2, 0) is 0 Å². The number of ether oxygens (including phenoxy) is 1. The van der Waals surface area contributed by atoms with Gasteiger partial charge in [-0.1, -0.05) is 12.1 Å². The number of halogens is 1. The Kier molecular flexibility index (Phi) is 5.89. The van der Waals surface area contributed by atoms with Crippen molar-refractivity contribution in [3.63, 3.8) is 0 Å². The number of anilines is 2. The van der Waals surface area contributed by atoms with Crippen molar-refractivity contribution in [2.75, 3.05) is 17.7 Å². The summed E-state index contributed by atoms with van der Waals surface area (Å²) in [5.41, 5.74) is 1.65. The van der Waals surface area contributed by atoms with E-state index in [9.17, 15) is 14.0 Å². The molecule has 0 unspecified atom stereocenters. The fourth-order valence-electron chi connectivity index (χ4n) is 3.01. The standard InChI is InChI=1S/C23H18FN5O3/c1-32-17-12-6-14(7-13-17)20-22(30)27-21(29-28-20)18-4-2-3-5-19(18)26-23(31)25-16-10-8-15(24)9-11-16/h2-13H,1H3,(H2,25,26,31)(H,27,29,30). The van der Waals surface area contributed by atoms with E-state index in [4.69, 9.17) is 4.74 Å². The first-order valence-electron chi connectivity index (χ1n) is 9.58. The maximum atomic E-state index is 13.0. The van der Waals surface area contributed by atoms with Crippen molar-refractivity contribution in [3.05, 3.63) is 89.0 Å². The Hall–Kier alpha value is -4.53. The van der Waals surface area contributed by atoms with Gasteiger partial charge in [-0.15, -0.1) is 10.2 Å². The van der Waals surface area contributed by atoms with Gasteiger partial charge in [-0.05, 0) is 60.7 Å². The molecule has 8 nitrogen and oxygen atoms in total. The van der Waals surface area contributed by atoms with E-state index in [0.717, 1.165) is 0 Å². The number of hydrogen-bond acceptors (Lipinski definition) is 5. The van der Waals surface area contributed by atoms with E-state index < -0.39 is 17.4 Å². The number of rotatable bonds is 5. The van der Waals surface area contributed by atoms with Gasteiger partial charge in [0.15, 0.2) is 11.5 Å². The molecule has 0 radical (unpaired) electrons. The van der Waals surface area contributed by atoms with Crippen LogP contribution in [0.1, 0.15) is 0 Å². The van der Waals surface area contributed by atoms with Crippen molar-refractivity contribution >= 4 is 17.4 Å². The highest BCUT2D eigenvalue weighted by Gasteiger charge is 2.13. The molecule has 0 fully saturated rings. The van der Waals surface area contributed by atoms with Gasteiger partial charge >= 0.3 is 6.03 Å². The number of H-pyrrole nitrogens is 1. The Morgan fingerprint density at radius 1 is 0.938 bits per heavy atom. The molecular weight excluding hydrogens is 413 g/mol. The highest BCUT2D eigenvalue weighted by molar-refractivity contribution is 6.01. The van der Waals surface area contributed by atoms with Gasteiger partial charge in [-0.3, -0.25) is 4.79 Å². The number of carbonyl (C=O) groups excluding carboxylic acids is 1. The van der Waals surface area contributed by atoms with Crippen molar-refractivity contribution in [2.24, 2.45) is 0 Å². The molecule has 0 aliphatic carbocycles. The van der Waals surface area contributed by atoms with Gasteiger partial charge < -0.3 is 20.4 Å². The molecule has 2 amide bonds. The van der Waals surface area contributed by atoms with Crippen LogP contribution < -0.4 is 20.9 Å². The second kappa shape index (κ2) is 9.09. The van der Waals surface area contributed by atoms with Gasteiger partial charge in [-0.25, -0.2) is 9.18 Å². The molecule has 9 heteroatoms. The average Bonchev–Trinajstić information content (AvgIpc) is 2.81. The summed E-state index contributed by atoms with van der Waals surface area (Å²) in [6.45, 7) is 0. The third-order valence-electron chi connectivity index (χ3n) is 4.59. The molecule has 160 valence electrons. The van der Waals surface area contributed by atoms with Crippen LogP contribution in [0.3, 0.4) is 0 Å². The first-order valence-corrected chi connectivity index (χ1v) is 9.58. The first kappa shape index (κ1) is 20.7. The number of benzene rings is 3. The van der Waals surface area contributed by atoms with Crippen molar-refractivity contribution in [2.45, 2.75) is 0 Å². The SMILES string of the molecule is COc1ccc(-c2nnc(-c3ccccc3NC(=O)Nc3ccc(F)cc3)[nH]c2=O)cc1. The lowest BCUT2D eigenvalue weighted by atomic mass is 10.1. The predicted octanol–water partition coefficient (Wildman–Crippen LogP) is 4.29. The average molecular weight is 431 g/mol. The Morgan fingerprint density at radius 3 is 2.34 bits per heavy atom. The highest BCUT2D eigenvalue weighted by Crippen LogP contribution is 2.25. The van der Waals surface area contributed by atoms with E-state index in [2.05, 4.69) is 25.8 Å². The van der Waals surface area contributed by atoms with E-state index >= 15 is 0 Å². The van der Waals surface area contributed by atoms with Crippen molar-refractivity contribution in [1.82, 2.24) is 15.2 Å². The largest absolute Gasteiger partial charge is 0.497 e. The molecule has 4 aromatic rings. The number of amides is 2. The number of hydrogen-bond donors (Lipinski definition) is 3. The molecule has 4 rings (SSSR count). The van der Waals surface area contributed by atoms with Crippen LogP contribution in [0.25, 0.3) is 22.6 Å². The smallest absolute Gasteiger partial charge is 0.323 e. The minimum absolute atomic E-state index is 0.163. The van der Waals surface area contributed by atoms with E-state index in [0.29, 0.717) is 28.3 Å². The lowest BCUT2D eigenvalue weighted by molar-refractivity contribution is 0.262. The summed E-state index contributed by atoms with van der Waals surface area (Å²) in [4.78, 5) is 27.7. The summed E-state index contributed by atoms with van der Waals surface area (Å²) in [7, 11) is 1.56. The fraction of sp³-hybridized carbons (Fsp3) is 0.0435. The number of aromatic amines is 1. The Morgan fingerprint density at radius 2 is 1.66 bits per heavy atom. The van der Waals surface area contributed by atoms with Crippen LogP contribution in [0.15, 0.2) is 77.6 Å². The van der Waals surface area contributed by atoms with Gasteiger partial charge in [0, 0.05) is 16.8 Å². The minimum atomic E-state index is -0.533. The Bertz CT molecular complexity index is 1300. The number of methoxy groups -OCH3 is 1. The Balaban J connectivity index is 1.57. The van der Waals surface area contributed by atoms with Crippen molar-refractivity contribution < 1.29 is 13.9 Å². The van der Waals surface area contributed by atoms with Crippen molar-refractivity contribution in [3.8, 4) is 28.4 Å². The molecule has 1 heterocycles. The van der Waals surface area contributed by atoms with Crippen LogP contribution in [-0.4, -0.2) is 28.3 Å². The molecule has 0 aliphatic heterocycles. The van der Waals surface area contributed by atoms with Crippen molar-refractivity contribution in [1.29, 1.82) is 0 Å². The third kappa shape index (κ3) is 4.62. The summed E-state index contributed by atoms with van der Waals surface area (Å²) >= 11 is 0. The van der Waals surface area contributed by atoms with Gasteiger partial charge in [0.1, 0.15) is 11.6 Å². The lowest BCUT2D eigenvalue weighted by Crippen LogP contribution is -2.20. The molecule has 1 aromatic heterocycles. The maximum absolute atomic E-state index is 13.0. The maximum Gasteiger partial charge on any atom is 0.323 e. The number of aromatic nitrogens is 3. The van der Waals surface area contributed by atoms with E-state index in [1.165, 1.54) is 24.3 Å². The molecular formula is C23H18FN5O3. The second-order valence-corrected chi connectivity index (χ2v) is 6.71. The summed E-state index contributed by atoms with van der Waals surface area (Å²) in [6, 6.07) is 18.6. The van der Waals surface area contributed by atoms with Crippen LogP contribution in [0.4, 0.5) is 20.6 Å². The number of carbonyl (C=O) groups is 1. The molecule has 0 aliphatic rings. The minimum Gasteiger partial charge on any atom is -0.497 e. The number of nitrogens with zero attached hydrogens (tertiary/aromatic N) is 2. The summed E-state index contributed by atoms with van der Waals surface area (Å²) in [5, 5.41) is 13.5. The topological polar surface area (TPSA) is 109 Å². The van der Waals surface area contributed by atoms with Gasteiger partial charge in [0.05, 0.1) is 12.8 Å². The molecule has 3 aromatic carbocycles. The predicted molar refractivity (Wildman–Crippen MR) is 119 cm³/mol. The second-order valence-electron chi connectivity index (χ2n) is 6.71. The fourth-order valence-corrected chi connectivity index (χ4v) is 3.01. The number of nitrogens with one attached hydrogen (secondary N) is 3. The summed E-state index contributed by atoms with van der Waals surface area (Å²) in [5.74, 6) is 0.459. The van der Waals surface area contributed by atoms with Crippen LogP contribution >= 0.6 is 0 Å². The first-order chi connectivity index (χ1) is 15.5. The molecule has 0 bridgehead atoms. The van der Waals surface area contributed by atoms with Crippen LogP contribution in [0, 0.1) is 5.82 Å². The number of para-hydroxylation sites is 1. The molecule has 0 atom stereocenters. The monoisotopic (exact) mass is 431 g/mol. The van der Waals surface area contributed by atoms with Crippen LogP contribution in [0.5, 0.6) is 5.75 Å². The zero-order chi connectivity index (χ0) is 22.5. The molecule has 0 spiro atoms. The van der Waals surface area contributed by atoms with Gasteiger partial charge in [0.25, 0.3) is 5.56 Å². The normalized spacial score (nSPS) is 10.4. The van der Waals surface area contributed by atoms with Gasteiger partial charge in [0.2, 0.25) is 0 Å². The van der Waals surface area contributed by atoms with E-state index in [-0.39, 0.29) is 11.5 Å². The molecule has 0 saturated heterocycles. The third-order valence-corrected chi connectivity index (χ3v) is 4.59. The molecule has 3 N–H and O–H groups in total. The number of urea groups is 1. The van der Waals surface area contributed by atoms with Crippen LogP contribution in [0.2, 0.25) is 0 Å². The van der Waals surface area contributed by atoms with E-state index in [1.54, 1.807) is 55.6 Å². The van der Waals surface area contributed by atoms with Gasteiger partial charge in [-0.2, -0.15) is 0 Å². The summed E-state index contributed by atoms with van der Waals surface area (Å²) in [6.07, 6.45) is 0. The molecule has 0 saturated carbocycles. The van der Waals surface area contributed by atoms with E-state index in [1.807, 2.05) is 0 Å². The Labute approximate surface area is 182 Å².